The summed E-state index contributed by atoms with van der Waals surface area (Å²) in [7, 11) is 0. The van der Waals surface area contributed by atoms with Crippen LogP contribution in [0, 0.1) is 13.8 Å². The summed E-state index contributed by atoms with van der Waals surface area (Å²) in [6.07, 6.45) is 7.20. The summed E-state index contributed by atoms with van der Waals surface area (Å²) in [5.74, 6) is 1.49. The largest absolute Gasteiger partial charge is 0.466 e. The molecule has 0 spiro atoms. The summed E-state index contributed by atoms with van der Waals surface area (Å²) in [5, 5.41) is 9.47. The van der Waals surface area contributed by atoms with Gasteiger partial charge in [0.2, 0.25) is 0 Å². The molecular formula is C25H29N5O2S. The van der Waals surface area contributed by atoms with Crippen molar-refractivity contribution in [2.45, 2.75) is 65.8 Å². The van der Waals surface area contributed by atoms with Crippen LogP contribution in [0.1, 0.15) is 70.2 Å². The summed E-state index contributed by atoms with van der Waals surface area (Å²) in [6, 6.07) is 3.94. The van der Waals surface area contributed by atoms with Crippen LogP contribution >= 0.6 is 11.3 Å². The Kier molecular flexibility index (Phi) is 5.78. The van der Waals surface area contributed by atoms with Crippen molar-refractivity contribution >= 4 is 28.3 Å². The second kappa shape index (κ2) is 8.74. The minimum Gasteiger partial charge on any atom is -0.466 e. The van der Waals surface area contributed by atoms with Crippen LogP contribution in [-0.4, -0.2) is 32.2 Å². The molecule has 4 aromatic heterocycles. The molecule has 5 rings (SSSR count). The fourth-order valence-electron chi connectivity index (χ4n) is 4.50. The molecule has 7 nitrogen and oxygen atoms in total. The molecule has 4 heterocycles. The van der Waals surface area contributed by atoms with E-state index in [4.69, 9.17) is 14.4 Å². The Morgan fingerprint density at radius 1 is 1.21 bits per heavy atom. The van der Waals surface area contributed by atoms with Gasteiger partial charge in [0.1, 0.15) is 11.5 Å². The fourth-order valence-corrected chi connectivity index (χ4v) is 5.65. The van der Waals surface area contributed by atoms with E-state index in [2.05, 4.69) is 24.3 Å². The third-order valence-corrected chi connectivity index (χ3v) is 7.35. The van der Waals surface area contributed by atoms with E-state index in [1.165, 1.54) is 23.4 Å². The van der Waals surface area contributed by atoms with Crippen LogP contribution in [-0.2, 0) is 19.3 Å². The van der Waals surface area contributed by atoms with Crippen molar-refractivity contribution in [3.63, 3.8) is 0 Å². The van der Waals surface area contributed by atoms with Crippen LogP contribution in [0.15, 0.2) is 22.7 Å². The van der Waals surface area contributed by atoms with E-state index in [-0.39, 0.29) is 11.9 Å². The Morgan fingerprint density at radius 3 is 2.76 bits per heavy atom. The number of pyridine rings is 1. The number of nitrogens with zero attached hydrogens (tertiary/aromatic N) is 4. The van der Waals surface area contributed by atoms with Gasteiger partial charge in [-0.15, -0.1) is 11.3 Å². The van der Waals surface area contributed by atoms with Gasteiger partial charge >= 0.3 is 0 Å². The predicted octanol–water partition coefficient (Wildman–Crippen LogP) is 5.20. The molecule has 4 aromatic rings. The number of amides is 1. The highest BCUT2D eigenvalue weighted by Crippen LogP contribution is 2.30. The molecule has 1 aliphatic carbocycles. The lowest BCUT2D eigenvalue weighted by Gasteiger charge is -2.10. The summed E-state index contributed by atoms with van der Waals surface area (Å²) in [5.41, 5.74) is 4.17. The number of fused-ring (bicyclic) bond motifs is 2. The van der Waals surface area contributed by atoms with Crippen LogP contribution in [0.4, 0.5) is 0 Å². The van der Waals surface area contributed by atoms with Gasteiger partial charge in [0.05, 0.1) is 33.5 Å². The smallest absolute Gasteiger partial charge is 0.252 e. The van der Waals surface area contributed by atoms with Gasteiger partial charge in [-0.25, -0.2) is 14.6 Å². The molecule has 0 saturated heterocycles. The Bertz CT molecular complexity index is 1310. The number of hydrogen-bond donors (Lipinski definition) is 1. The second-order valence-electron chi connectivity index (χ2n) is 8.99. The minimum atomic E-state index is -0.119. The number of hydrogen-bond acceptors (Lipinski definition) is 6. The van der Waals surface area contributed by atoms with E-state index in [0.717, 1.165) is 52.4 Å². The zero-order chi connectivity index (χ0) is 23.1. The number of carbonyl (C=O) groups is 1. The van der Waals surface area contributed by atoms with Gasteiger partial charge in [-0.1, -0.05) is 0 Å². The minimum absolute atomic E-state index is 0.119. The Labute approximate surface area is 197 Å². The first-order valence-electron chi connectivity index (χ1n) is 11.6. The molecule has 0 fully saturated rings. The van der Waals surface area contributed by atoms with E-state index in [1.54, 1.807) is 17.5 Å². The first-order chi connectivity index (χ1) is 15.9. The maximum absolute atomic E-state index is 13.3. The lowest BCUT2D eigenvalue weighted by molar-refractivity contribution is 0.0955. The zero-order valence-corrected chi connectivity index (χ0v) is 20.4. The molecule has 172 valence electrons. The van der Waals surface area contributed by atoms with Crippen molar-refractivity contribution < 1.29 is 9.21 Å². The zero-order valence-electron chi connectivity index (χ0n) is 19.6. The van der Waals surface area contributed by atoms with E-state index in [0.29, 0.717) is 17.8 Å². The van der Waals surface area contributed by atoms with Gasteiger partial charge in [-0.05, 0) is 65.5 Å². The van der Waals surface area contributed by atoms with E-state index < -0.39 is 0 Å². The summed E-state index contributed by atoms with van der Waals surface area (Å²) in [6.45, 7) is 8.49. The Balaban J connectivity index is 1.42. The molecule has 1 amide bonds. The molecule has 33 heavy (non-hydrogen) atoms. The van der Waals surface area contributed by atoms with Gasteiger partial charge in [0.25, 0.3) is 5.91 Å². The third kappa shape index (κ3) is 4.19. The summed E-state index contributed by atoms with van der Waals surface area (Å²) >= 11 is 1.80. The molecule has 0 unspecified atom stereocenters. The van der Waals surface area contributed by atoms with Crippen molar-refractivity contribution in [3.05, 3.63) is 51.0 Å². The highest BCUT2D eigenvalue weighted by molar-refractivity contribution is 7.11. The molecule has 0 radical (unpaired) electrons. The van der Waals surface area contributed by atoms with Crippen LogP contribution in [0.25, 0.3) is 22.3 Å². The van der Waals surface area contributed by atoms with Gasteiger partial charge in [-0.2, -0.15) is 5.10 Å². The lowest BCUT2D eigenvalue weighted by Crippen LogP contribution is -2.26. The number of thiazole rings is 1. The molecule has 0 atom stereocenters. The molecule has 0 bridgehead atoms. The molecule has 8 heteroatoms. The van der Waals surface area contributed by atoms with Crippen molar-refractivity contribution in [1.29, 1.82) is 0 Å². The SMILES string of the molecule is Cc1cc(-c2cc(C(=O)NCCc3nc4c(s3)CCCC4)c3cnn(C(C)C)c3n2)c(C)o1. The highest BCUT2D eigenvalue weighted by Gasteiger charge is 2.21. The van der Waals surface area contributed by atoms with Crippen LogP contribution < -0.4 is 5.32 Å². The number of carbonyl (C=O) groups excluding carboxylic acids is 1. The molecule has 0 saturated carbocycles. The molecule has 1 N–H and O–H groups in total. The molecule has 1 aliphatic rings. The van der Waals surface area contributed by atoms with Crippen molar-refractivity contribution in [2.75, 3.05) is 6.54 Å². The molecular weight excluding hydrogens is 434 g/mol. The van der Waals surface area contributed by atoms with Crippen molar-refractivity contribution in [1.82, 2.24) is 25.1 Å². The Hall–Kier alpha value is -3.00. The monoisotopic (exact) mass is 463 g/mol. The molecule has 0 aromatic carbocycles. The topological polar surface area (TPSA) is 85.8 Å². The number of furan rings is 1. The number of aromatic nitrogens is 4. The maximum atomic E-state index is 13.3. The summed E-state index contributed by atoms with van der Waals surface area (Å²) < 4.78 is 7.58. The Morgan fingerprint density at radius 2 is 2.03 bits per heavy atom. The van der Waals surface area contributed by atoms with Gasteiger partial charge < -0.3 is 9.73 Å². The van der Waals surface area contributed by atoms with Gasteiger partial charge in [0, 0.05) is 29.4 Å². The normalized spacial score (nSPS) is 13.6. The van der Waals surface area contributed by atoms with E-state index >= 15 is 0 Å². The third-order valence-electron chi connectivity index (χ3n) is 6.13. The first-order valence-corrected chi connectivity index (χ1v) is 12.4. The fraction of sp³-hybridized carbons (Fsp3) is 0.440. The van der Waals surface area contributed by atoms with Gasteiger partial charge in [0.15, 0.2) is 5.65 Å². The van der Waals surface area contributed by atoms with Crippen molar-refractivity contribution in [2.24, 2.45) is 0 Å². The van der Waals surface area contributed by atoms with E-state index in [1.807, 2.05) is 30.7 Å². The number of nitrogens with one attached hydrogen (secondary N) is 1. The first kappa shape index (κ1) is 21.8. The average Bonchev–Trinajstić information content (AvgIpc) is 3.48. The second-order valence-corrected chi connectivity index (χ2v) is 10.2. The highest BCUT2D eigenvalue weighted by atomic mass is 32.1. The number of rotatable bonds is 6. The van der Waals surface area contributed by atoms with Gasteiger partial charge in [-0.3, -0.25) is 4.79 Å². The predicted molar refractivity (Wildman–Crippen MR) is 130 cm³/mol. The van der Waals surface area contributed by atoms with E-state index in [9.17, 15) is 4.79 Å². The quantitative estimate of drug-likeness (QED) is 0.425. The average molecular weight is 464 g/mol. The van der Waals surface area contributed by atoms with Crippen LogP contribution in [0.5, 0.6) is 0 Å². The number of aryl methyl sites for hydroxylation is 4. The van der Waals surface area contributed by atoms with Crippen molar-refractivity contribution in [3.8, 4) is 11.3 Å². The maximum Gasteiger partial charge on any atom is 0.252 e. The lowest BCUT2D eigenvalue weighted by atomic mass is 10.0. The molecule has 0 aliphatic heterocycles. The standard InChI is InChI=1S/C25H29N5O2S/c1-14(2)30-24-19(13-27-30)18(12-21(29-24)17-11-15(3)32-16(17)4)25(31)26-10-9-23-28-20-7-5-6-8-22(20)33-23/h11-14H,5-10H2,1-4H3,(H,26,31). The van der Waals surface area contributed by atoms with Crippen LogP contribution in [0.2, 0.25) is 0 Å². The summed E-state index contributed by atoms with van der Waals surface area (Å²) in [4.78, 5) is 24.4. The van der Waals surface area contributed by atoms with Crippen LogP contribution in [0.3, 0.4) is 0 Å².